The zero-order chi connectivity index (χ0) is 14.7. The van der Waals surface area contributed by atoms with Crippen molar-refractivity contribution in [3.63, 3.8) is 0 Å². The van der Waals surface area contributed by atoms with Crippen molar-refractivity contribution < 1.29 is 9.13 Å². The Labute approximate surface area is 119 Å². The Bertz CT molecular complexity index is 590. The molecule has 0 spiro atoms. The van der Waals surface area contributed by atoms with E-state index in [0.29, 0.717) is 5.69 Å². The first-order chi connectivity index (χ1) is 9.52. The Hall–Kier alpha value is -2.03. The van der Waals surface area contributed by atoms with Crippen molar-refractivity contribution in [3.05, 3.63) is 58.9 Å². The summed E-state index contributed by atoms with van der Waals surface area (Å²) >= 11 is 0. The van der Waals surface area contributed by atoms with E-state index in [4.69, 9.17) is 4.74 Å². The second-order valence-corrected chi connectivity index (χ2v) is 5.04. The molecule has 0 bridgehead atoms. The van der Waals surface area contributed by atoms with Crippen LogP contribution >= 0.6 is 0 Å². The number of methoxy groups -OCH3 is 1. The van der Waals surface area contributed by atoms with Crippen molar-refractivity contribution >= 4 is 5.69 Å². The van der Waals surface area contributed by atoms with Crippen LogP contribution < -0.4 is 10.1 Å². The van der Waals surface area contributed by atoms with Gasteiger partial charge in [-0.1, -0.05) is 24.3 Å². The number of hydrogen-bond acceptors (Lipinski definition) is 2. The van der Waals surface area contributed by atoms with Gasteiger partial charge in [-0.15, -0.1) is 0 Å². The maximum Gasteiger partial charge on any atom is 0.146 e. The Morgan fingerprint density at radius 1 is 1.15 bits per heavy atom. The normalized spacial score (nSPS) is 12.1. The lowest BCUT2D eigenvalue weighted by atomic mass is 10.0. The van der Waals surface area contributed by atoms with E-state index in [1.165, 1.54) is 6.07 Å². The smallest absolute Gasteiger partial charge is 0.146 e. The van der Waals surface area contributed by atoms with Gasteiger partial charge in [0.05, 0.1) is 18.8 Å². The number of nitrogens with one attached hydrogen (secondary N) is 1. The average Bonchev–Trinajstić information content (AvgIpc) is 2.42. The highest BCUT2D eigenvalue weighted by atomic mass is 19.1. The summed E-state index contributed by atoms with van der Waals surface area (Å²) in [5.41, 5.74) is 3.59. The van der Waals surface area contributed by atoms with Gasteiger partial charge in [0.2, 0.25) is 0 Å². The fourth-order valence-electron chi connectivity index (χ4n) is 2.29. The van der Waals surface area contributed by atoms with Gasteiger partial charge in [0.1, 0.15) is 11.6 Å². The quantitative estimate of drug-likeness (QED) is 0.877. The highest BCUT2D eigenvalue weighted by Gasteiger charge is 2.14. The molecule has 2 aromatic rings. The van der Waals surface area contributed by atoms with Crippen LogP contribution in [0.25, 0.3) is 0 Å². The van der Waals surface area contributed by atoms with Gasteiger partial charge in [0.25, 0.3) is 0 Å². The maximum atomic E-state index is 13.9. The summed E-state index contributed by atoms with van der Waals surface area (Å²) in [6.45, 7) is 5.91. The van der Waals surface area contributed by atoms with Crippen LogP contribution in [-0.4, -0.2) is 7.11 Å². The predicted molar refractivity (Wildman–Crippen MR) is 80.9 cm³/mol. The molecule has 0 saturated carbocycles. The number of anilines is 1. The molecular formula is C17H20FNO. The molecule has 106 valence electrons. The molecule has 1 N–H and O–H groups in total. The van der Waals surface area contributed by atoms with E-state index < -0.39 is 0 Å². The molecule has 0 saturated heterocycles. The molecule has 0 fully saturated rings. The van der Waals surface area contributed by atoms with Gasteiger partial charge in [-0.3, -0.25) is 0 Å². The molecular weight excluding hydrogens is 253 g/mol. The zero-order valence-electron chi connectivity index (χ0n) is 12.3. The fourth-order valence-corrected chi connectivity index (χ4v) is 2.29. The summed E-state index contributed by atoms with van der Waals surface area (Å²) < 4.78 is 19.3. The number of rotatable bonds is 4. The third-order valence-electron chi connectivity index (χ3n) is 3.44. The minimum atomic E-state index is -0.233. The lowest BCUT2D eigenvalue weighted by molar-refractivity contribution is 0.407. The molecule has 0 radical (unpaired) electrons. The monoisotopic (exact) mass is 273 g/mol. The SMILES string of the molecule is COc1cc(C)ccc1C(C)Nc1c(C)cccc1F. The molecule has 0 aliphatic rings. The van der Waals surface area contributed by atoms with Gasteiger partial charge in [0, 0.05) is 5.56 Å². The summed E-state index contributed by atoms with van der Waals surface area (Å²) in [4.78, 5) is 0. The van der Waals surface area contributed by atoms with E-state index in [-0.39, 0.29) is 11.9 Å². The summed E-state index contributed by atoms with van der Waals surface area (Å²) in [5.74, 6) is 0.585. The van der Waals surface area contributed by atoms with Crippen molar-refractivity contribution in [2.24, 2.45) is 0 Å². The number of ether oxygens (including phenoxy) is 1. The minimum absolute atomic E-state index is 0.0406. The van der Waals surface area contributed by atoms with E-state index in [2.05, 4.69) is 5.32 Å². The van der Waals surface area contributed by atoms with Gasteiger partial charge >= 0.3 is 0 Å². The van der Waals surface area contributed by atoms with Crippen LogP contribution in [0.5, 0.6) is 5.75 Å². The Balaban J connectivity index is 2.31. The average molecular weight is 273 g/mol. The van der Waals surface area contributed by atoms with Gasteiger partial charge in [-0.2, -0.15) is 0 Å². The Morgan fingerprint density at radius 2 is 1.90 bits per heavy atom. The maximum absolute atomic E-state index is 13.9. The first-order valence-electron chi connectivity index (χ1n) is 6.69. The van der Waals surface area contributed by atoms with Crippen LogP contribution in [0.4, 0.5) is 10.1 Å². The summed E-state index contributed by atoms with van der Waals surface area (Å²) in [6.07, 6.45) is 0. The standard InChI is InChI=1S/C17H20FNO/c1-11-8-9-14(16(10-11)20-4)13(3)19-17-12(2)6-5-7-15(17)18/h5-10,13,19H,1-4H3. The largest absolute Gasteiger partial charge is 0.496 e. The number of halogens is 1. The molecule has 1 atom stereocenters. The number of benzene rings is 2. The molecule has 0 aliphatic heterocycles. The van der Waals surface area contributed by atoms with Gasteiger partial charge < -0.3 is 10.1 Å². The first-order valence-corrected chi connectivity index (χ1v) is 6.69. The molecule has 0 aliphatic carbocycles. The number of aryl methyl sites for hydroxylation is 2. The minimum Gasteiger partial charge on any atom is -0.496 e. The Kier molecular flexibility index (Phi) is 4.28. The topological polar surface area (TPSA) is 21.3 Å². The third-order valence-corrected chi connectivity index (χ3v) is 3.44. The molecule has 1 unspecified atom stereocenters. The summed E-state index contributed by atoms with van der Waals surface area (Å²) in [6, 6.07) is 11.1. The molecule has 0 aromatic heterocycles. The fraction of sp³-hybridized carbons (Fsp3) is 0.294. The summed E-state index contributed by atoms with van der Waals surface area (Å²) in [5, 5.41) is 3.23. The second-order valence-electron chi connectivity index (χ2n) is 5.04. The van der Waals surface area contributed by atoms with Crippen molar-refractivity contribution in [1.82, 2.24) is 0 Å². The van der Waals surface area contributed by atoms with E-state index in [1.54, 1.807) is 13.2 Å². The lowest BCUT2D eigenvalue weighted by Gasteiger charge is -2.20. The van der Waals surface area contributed by atoms with E-state index >= 15 is 0 Å². The van der Waals surface area contributed by atoms with E-state index in [9.17, 15) is 4.39 Å². The third kappa shape index (κ3) is 2.93. The van der Waals surface area contributed by atoms with Crippen molar-refractivity contribution in [3.8, 4) is 5.75 Å². The second kappa shape index (κ2) is 5.95. The molecule has 2 nitrogen and oxygen atoms in total. The predicted octanol–water partition coefficient (Wildman–Crippen LogP) is 4.62. The van der Waals surface area contributed by atoms with Gasteiger partial charge in [-0.25, -0.2) is 4.39 Å². The van der Waals surface area contributed by atoms with Crippen LogP contribution in [0.2, 0.25) is 0 Å². The molecule has 0 heterocycles. The van der Waals surface area contributed by atoms with Crippen LogP contribution in [0.15, 0.2) is 36.4 Å². The van der Waals surface area contributed by atoms with Crippen molar-refractivity contribution in [1.29, 1.82) is 0 Å². The number of hydrogen-bond donors (Lipinski definition) is 1. The van der Waals surface area contributed by atoms with Crippen molar-refractivity contribution in [2.45, 2.75) is 26.8 Å². The molecule has 2 rings (SSSR count). The van der Waals surface area contributed by atoms with E-state index in [0.717, 1.165) is 22.4 Å². The molecule has 3 heteroatoms. The first kappa shape index (κ1) is 14.4. The molecule has 0 amide bonds. The molecule has 2 aromatic carbocycles. The highest BCUT2D eigenvalue weighted by molar-refractivity contribution is 5.54. The lowest BCUT2D eigenvalue weighted by Crippen LogP contribution is -2.10. The Morgan fingerprint density at radius 3 is 2.55 bits per heavy atom. The van der Waals surface area contributed by atoms with Gasteiger partial charge in [0.15, 0.2) is 0 Å². The van der Waals surface area contributed by atoms with Crippen LogP contribution in [-0.2, 0) is 0 Å². The van der Waals surface area contributed by atoms with E-state index in [1.807, 2.05) is 45.0 Å². The van der Waals surface area contributed by atoms with Crippen molar-refractivity contribution in [2.75, 3.05) is 12.4 Å². The highest BCUT2D eigenvalue weighted by Crippen LogP contribution is 2.30. The molecule has 20 heavy (non-hydrogen) atoms. The van der Waals surface area contributed by atoms with Gasteiger partial charge in [-0.05, 0) is 44.0 Å². The summed E-state index contributed by atoms with van der Waals surface area (Å²) in [7, 11) is 1.65. The van der Waals surface area contributed by atoms with Crippen LogP contribution in [0.3, 0.4) is 0 Å². The van der Waals surface area contributed by atoms with Crippen LogP contribution in [0, 0.1) is 19.7 Å². The zero-order valence-corrected chi connectivity index (χ0v) is 12.3. The van der Waals surface area contributed by atoms with Crippen LogP contribution in [0.1, 0.15) is 29.7 Å². The number of para-hydroxylation sites is 1.